The molecule has 1 aromatic rings. The maximum atomic E-state index is 5.17. The first kappa shape index (κ1) is 7.03. The molecule has 1 aliphatic rings. The molecule has 0 spiro atoms. The molecule has 2 heterocycles. The summed E-state index contributed by atoms with van der Waals surface area (Å²) in [7, 11) is 0. The summed E-state index contributed by atoms with van der Waals surface area (Å²) in [6.07, 6.45) is 8.43. The van der Waals surface area contributed by atoms with Crippen LogP contribution < -0.4 is 0 Å². The van der Waals surface area contributed by atoms with Crippen molar-refractivity contribution in [3.05, 3.63) is 42.8 Å². The van der Waals surface area contributed by atoms with E-state index in [0.29, 0.717) is 6.61 Å². The summed E-state index contributed by atoms with van der Waals surface area (Å²) in [4.78, 5) is 0. The highest BCUT2D eigenvalue weighted by Gasteiger charge is 1.97. The number of nitrogens with zero attached hydrogens (tertiary/aromatic N) is 1. The summed E-state index contributed by atoms with van der Waals surface area (Å²) in [5, 5.41) is 0. The minimum absolute atomic E-state index is 0.567. The lowest BCUT2D eigenvalue weighted by Gasteiger charge is -2.00. The number of hydrogen-bond donors (Lipinski definition) is 0. The monoisotopic (exact) mass is 163 g/mol. The van der Waals surface area contributed by atoms with Gasteiger partial charge in [0.05, 0.1) is 5.69 Å². The first-order chi connectivity index (χ1) is 5.97. The van der Waals surface area contributed by atoms with E-state index in [1.54, 1.807) is 6.26 Å². The highest BCUT2D eigenvalue weighted by molar-refractivity contribution is 5.26. The van der Waals surface area contributed by atoms with Gasteiger partial charge in [0.25, 0.3) is 0 Å². The molecule has 1 aromatic heterocycles. The van der Waals surface area contributed by atoms with Gasteiger partial charge in [-0.15, -0.1) is 0 Å². The van der Waals surface area contributed by atoms with Crippen LogP contribution in [0.5, 0.6) is 0 Å². The van der Waals surface area contributed by atoms with Crippen LogP contribution in [0.2, 0.25) is 0 Å². The maximum Gasteiger partial charge on any atom is 0.128 e. The minimum atomic E-state index is 0.567. The summed E-state index contributed by atoms with van der Waals surface area (Å²) in [5.41, 5.74) is 1.10. The summed E-state index contributed by atoms with van der Waals surface area (Å²) in [6.45, 7) is 0.567. The second-order valence-corrected chi connectivity index (χ2v) is 2.41. The van der Waals surface area contributed by atoms with E-state index < -0.39 is 0 Å². The van der Waals surface area contributed by atoms with Crippen molar-refractivity contribution in [2.75, 3.05) is 0 Å². The van der Waals surface area contributed by atoms with Crippen LogP contribution in [-0.4, -0.2) is 4.57 Å². The van der Waals surface area contributed by atoms with Crippen molar-refractivity contribution < 1.29 is 9.47 Å². The number of aromatic nitrogens is 1. The average Bonchev–Trinajstić information content (AvgIpc) is 2.50. The second kappa shape index (κ2) is 3.17. The minimum Gasteiger partial charge on any atom is -0.492 e. The Morgan fingerprint density at radius 1 is 1.25 bits per heavy atom. The summed E-state index contributed by atoms with van der Waals surface area (Å²) in [6, 6.07) is 3.97. The fraction of sp³-hybridized carbons (Fsp3) is 0.111. The third kappa shape index (κ3) is 1.34. The number of hydrogen-bond acceptors (Lipinski definition) is 2. The van der Waals surface area contributed by atoms with E-state index in [4.69, 9.17) is 9.47 Å². The Balaban J connectivity index is 2.29. The topological polar surface area (TPSA) is 23.4 Å². The van der Waals surface area contributed by atoms with Crippen LogP contribution >= 0.6 is 0 Å². The third-order valence-electron chi connectivity index (χ3n) is 1.63. The molecule has 0 bridgehead atoms. The molecule has 0 amide bonds. The van der Waals surface area contributed by atoms with Gasteiger partial charge < -0.3 is 14.0 Å². The van der Waals surface area contributed by atoms with Gasteiger partial charge in [-0.25, -0.2) is 0 Å². The molecule has 12 heavy (non-hydrogen) atoms. The van der Waals surface area contributed by atoms with Gasteiger partial charge in [0.2, 0.25) is 0 Å². The predicted molar refractivity (Wildman–Crippen MR) is 44.8 cm³/mol. The van der Waals surface area contributed by atoms with E-state index in [9.17, 15) is 0 Å². The van der Waals surface area contributed by atoms with Gasteiger partial charge in [0.15, 0.2) is 0 Å². The normalized spacial score (nSPS) is 15.0. The van der Waals surface area contributed by atoms with Crippen LogP contribution in [0.1, 0.15) is 5.69 Å². The Hall–Kier alpha value is -1.64. The number of ether oxygens (including phenoxy) is 2. The molecule has 2 rings (SSSR count). The van der Waals surface area contributed by atoms with Crippen LogP contribution in [0.4, 0.5) is 0 Å². The predicted octanol–water partition coefficient (Wildman–Crippen LogP) is 1.93. The lowest BCUT2D eigenvalue weighted by atomic mass is 10.4. The molecule has 3 nitrogen and oxygen atoms in total. The molecule has 0 aromatic carbocycles. The highest BCUT2D eigenvalue weighted by Crippen LogP contribution is 2.06. The molecule has 0 radical (unpaired) electrons. The van der Waals surface area contributed by atoms with Crippen molar-refractivity contribution in [3.8, 4) is 0 Å². The van der Waals surface area contributed by atoms with Gasteiger partial charge in [0, 0.05) is 12.4 Å². The molecule has 0 N–H and O–H groups in total. The molecule has 62 valence electrons. The molecule has 0 unspecified atom stereocenters. The first-order valence-corrected chi connectivity index (χ1v) is 3.71. The average molecular weight is 163 g/mol. The van der Waals surface area contributed by atoms with Crippen molar-refractivity contribution >= 4 is 6.20 Å². The zero-order valence-electron chi connectivity index (χ0n) is 6.51. The number of rotatable bonds is 0. The first-order valence-electron chi connectivity index (χ1n) is 3.71. The van der Waals surface area contributed by atoms with Crippen LogP contribution in [0.3, 0.4) is 0 Å². The SMILES string of the molecule is C1=COCc2cccn2C=CO1. The standard InChI is InChI=1S/C9H9NO2/c1-2-9-8-12-7-6-11-5-4-10(9)3-1/h1-7H,8H2. The lowest BCUT2D eigenvalue weighted by Crippen LogP contribution is -1.93. The molecule has 0 saturated heterocycles. The van der Waals surface area contributed by atoms with Gasteiger partial charge in [-0.2, -0.15) is 0 Å². The summed E-state index contributed by atoms with van der Waals surface area (Å²) < 4.78 is 12.1. The van der Waals surface area contributed by atoms with E-state index in [0.717, 1.165) is 5.69 Å². The van der Waals surface area contributed by atoms with Gasteiger partial charge in [-0.3, -0.25) is 0 Å². The second-order valence-electron chi connectivity index (χ2n) is 2.41. The molecule has 0 aliphatic carbocycles. The van der Waals surface area contributed by atoms with Gasteiger partial charge in [-0.1, -0.05) is 0 Å². The summed E-state index contributed by atoms with van der Waals surface area (Å²) >= 11 is 0. The zero-order chi connectivity index (χ0) is 8.23. The molecular weight excluding hydrogens is 154 g/mol. The Bertz CT molecular complexity index is 312. The smallest absolute Gasteiger partial charge is 0.128 e. The summed E-state index contributed by atoms with van der Waals surface area (Å²) in [5.74, 6) is 0. The van der Waals surface area contributed by atoms with Crippen molar-refractivity contribution in [3.63, 3.8) is 0 Å². The Labute approximate surface area is 70.5 Å². The van der Waals surface area contributed by atoms with Gasteiger partial charge in [-0.05, 0) is 12.1 Å². The van der Waals surface area contributed by atoms with Crippen LogP contribution in [-0.2, 0) is 16.1 Å². The van der Waals surface area contributed by atoms with Crippen molar-refractivity contribution in [1.82, 2.24) is 4.57 Å². The Morgan fingerprint density at radius 3 is 3.25 bits per heavy atom. The lowest BCUT2D eigenvalue weighted by molar-refractivity contribution is 0.220. The maximum absolute atomic E-state index is 5.17. The van der Waals surface area contributed by atoms with Crippen LogP contribution in [0.25, 0.3) is 6.20 Å². The van der Waals surface area contributed by atoms with E-state index in [1.807, 2.05) is 29.1 Å². The zero-order valence-corrected chi connectivity index (χ0v) is 6.51. The van der Waals surface area contributed by atoms with Crippen LogP contribution in [0, 0.1) is 0 Å². The fourth-order valence-corrected chi connectivity index (χ4v) is 1.05. The van der Waals surface area contributed by atoms with E-state index in [-0.39, 0.29) is 0 Å². The van der Waals surface area contributed by atoms with Crippen molar-refractivity contribution in [2.45, 2.75) is 6.61 Å². The van der Waals surface area contributed by atoms with Gasteiger partial charge in [0.1, 0.15) is 25.4 Å². The molecule has 0 fully saturated rings. The molecule has 0 saturated carbocycles. The van der Waals surface area contributed by atoms with Crippen molar-refractivity contribution in [1.29, 1.82) is 0 Å². The third-order valence-corrected chi connectivity index (χ3v) is 1.63. The van der Waals surface area contributed by atoms with Gasteiger partial charge >= 0.3 is 0 Å². The van der Waals surface area contributed by atoms with E-state index in [2.05, 4.69) is 0 Å². The molecule has 0 atom stereocenters. The van der Waals surface area contributed by atoms with Crippen LogP contribution in [0.15, 0.2) is 37.1 Å². The Kier molecular flexibility index (Phi) is 1.86. The number of fused-ring (bicyclic) bond motifs is 1. The van der Waals surface area contributed by atoms with E-state index in [1.165, 1.54) is 12.5 Å². The fourth-order valence-electron chi connectivity index (χ4n) is 1.05. The molecular formula is C9H9NO2. The molecule has 1 aliphatic heterocycles. The quantitative estimate of drug-likeness (QED) is 0.583. The largest absolute Gasteiger partial charge is 0.492 e. The Morgan fingerprint density at radius 2 is 2.25 bits per heavy atom. The van der Waals surface area contributed by atoms with Crippen molar-refractivity contribution in [2.24, 2.45) is 0 Å². The highest BCUT2D eigenvalue weighted by atomic mass is 16.5. The van der Waals surface area contributed by atoms with E-state index >= 15 is 0 Å². The molecule has 3 heteroatoms.